The van der Waals surface area contributed by atoms with Crippen LogP contribution in [0, 0.1) is 5.92 Å². The summed E-state index contributed by atoms with van der Waals surface area (Å²) in [6.07, 6.45) is 0. The minimum Gasteiger partial charge on any atom is -0.323 e. The van der Waals surface area contributed by atoms with Crippen LogP contribution < -0.4 is 0 Å². The smallest absolute Gasteiger partial charge is 0.0959 e. The van der Waals surface area contributed by atoms with Crippen molar-refractivity contribution in [3.8, 4) is 0 Å². The molecule has 0 radical (unpaired) electrons. The normalized spacial score (nSPS) is 46.5. The van der Waals surface area contributed by atoms with E-state index >= 15 is 0 Å². The maximum atomic E-state index is 12.2. The summed E-state index contributed by atoms with van der Waals surface area (Å²) in [5, 5.41) is 0.132. The van der Waals surface area contributed by atoms with Crippen LogP contribution in [0.1, 0.15) is 34.6 Å². The van der Waals surface area contributed by atoms with Crippen molar-refractivity contribution in [2.45, 2.75) is 44.9 Å². The Balaban J connectivity index is 3.09. The van der Waals surface area contributed by atoms with Gasteiger partial charge in [-0.1, -0.05) is 34.6 Å². The molecule has 1 aliphatic rings. The van der Waals surface area contributed by atoms with Crippen molar-refractivity contribution in [1.82, 2.24) is 0 Å². The summed E-state index contributed by atoms with van der Waals surface area (Å²) in [6.45, 7) is 12.7. The van der Waals surface area contributed by atoms with Crippen molar-refractivity contribution in [2.75, 3.05) is 6.66 Å². The van der Waals surface area contributed by atoms with Gasteiger partial charge in [0.2, 0.25) is 0 Å². The molecule has 0 bridgehead atoms. The van der Waals surface area contributed by atoms with Gasteiger partial charge in [0.05, 0.1) is 7.14 Å². The Morgan fingerprint density at radius 1 is 1.09 bits per heavy atom. The molecule has 0 aliphatic carbocycles. The minimum absolute atomic E-state index is 0.0660. The van der Waals surface area contributed by atoms with Crippen molar-refractivity contribution in [3.05, 3.63) is 0 Å². The van der Waals surface area contributed by atoms with E-state index in [9.17, 15) is 4.57 Å². The largest absolute Gasteiger partial charge is 0.323 e. The highest BCUT2D eigenvalue weighted by molar-refractivity contribution is 7.68. The molecule has 0 spiro atoms. The first-order chi connectivity index (χ1) is 4.65. The van der Waals surface area contributed by atoms with Crippen LogP contribution in [0.4, 0.5) is 0 Å². The Morgan fingerprint density at radius 2 is 1.36 bits per heavy atom. The van der Waals surface area contributed by atoms with Crippen LogP contribution in [-0.2, 0) is 4.57 Å². The van der Waals surface area contributed by atoms with Crippen molar-refractivity contribution in [3.63, 3.8) is 0 Å². The molecule has 1 saturated heterocycles. The van der Waals surface area contributed by atoms with Crippen molar-refractivity contribution in [2.24, 2.45) is 5.92 Å². The van der Waals surface area contributed by atoms with E-state index in [-0.39, 0.29) is 10.3 Å². The lowest BCUT2D eigenvalue weighted by Crippen LogP contribution is -2.57. The van der Waals surface area contributed by atoms with E-state index in [1.165, 1.54) is 0 Å². The molecule has 0 aromatic carbocycles. The predicted octanol–water partition coefficient (Wildman–Crippen LogP) is 3.19. The van der Waals surface area contributed by atoms with E-state index in [4.69, 9.17) is 0 Å². The molecule has 0 aromatic rings. The van der Waals surface area contributed by atoms with Crippen molar-refractivity contribution < 1.29 is 4.57 Å². The highest BCUT2D eigenvalue weighted by atomic mass is 31.2. The van der Waals surface area contributed by atoms with Gasteiger partial charge in [-0.25, -0.2) is 0 Å². The molecule has 0 amide bonds. The molecule has 0 atom stereocenters. The standard InChI is InChI=1S/C9H19OP/c1-7-8(2,3)11(6,10)9(7,4)5/h7H,1-6H3. The van der Waals surface area contributed by atoms with Crippen molar-refractivity contribution >= 4 is 7.14 Å². The average Bonchev–Trinajstić information content (AvgIpc) is 1.84. The fourth-order valence-electron chi connectivity index (χ4n) is 2.28. The third-order valence-corrected chi connectivity index (χ3v) is 9.49. The second-order valence-electron chi connectivity index (χ2n) is 4.95. The van der Waals surface area contributed by atoms with Gasteiger partial charge in [-0.3, -0.25) is 0 Å². The van der Waals surface area contributed by atoms with Gasteiger partial charge in [-0.15, -0.1) is 0 Å². The molecule has 0 saturated carbocycles. The van der Waals surface area contributed by atoms with Gasteiger partial charge in [0.1, 0.15) is 0 Å². The quantitative estimate of drug-likeness (QED) is 0.515. The summed E-state index contributed by atoms with van der Waals surface area (Å²) < 4.78 is 12.2. The van der Waals surface area contributed by atoms with Crippen LogP contribution in [0.25, 0.3) is 0 Å². The number of hydrogen-bond acceptors (Lipinski definition) is 1. The average molecular weight is 174 g/mol. The van der Waals surface area contributed by atoms with Crippen LogP contribution in [0.3, 0.4) is 0 Å². The van der Waals surface area contributed by atoms with E-state index < -0.39 is 7.14 Å². The zero-order valence-corrected chi connectivity index (χ0v) is 9.33. The Bertz CT molecular complexity index is 208. The second-order valence-corrected chi connectivity index (χ2v) is 9.11. The van der Waals surface area contributed by atoms with Crippen LogP contribution in [-0.4, -0.2) is 17.0 Å². The van der Waals surface area contributed by atoms with Crippen molar-refractivity contribution in [1.29, 1.82) is 0 Å². The van der Waals surface area contributed by atoms with E-state index in [2.05, 4.69) is 34.6 Å². The summed E-state index contributed by atoms with van der Waals surface area (Å²) in [6, 6.07) is 0. The molecule has 11 heavy (non-hydrogen) atoms. The monoisotopic (exact) mass is 174 g/mol. The van der Waals surface area contributed by atoms with Gasteiger partial charge >= 0.3 is 0 Å². The Hall–Kier alpha value is 0.230. The van der Waals surface area contributed by atoms with E-state index in [0.29, 0.717) is 5.92 Å². The van der Waals surface area contributed by atoms with E-state index in [1.807, 2.05) is 6.66 Å². The Labute approximate surface area is 69.9 Å². The molecule has 1 rings (SSSR count). The number of hydrogen-bond donors (Lipinski definition) is 0. The molecule has 0 unspecified atom stereocenters. The zero-order chi connectivity index (χ0) is 9.08. The lowest BCUT2D eigenvalue weighted by atomic mass is 9.83. The molecule has 1 nitrogen and oxygen atoms in total. The summed E-state index contributed by atoms with van der Waals surface area (Å²) in [5.41, 5.74) is 0. The van der Waals surface area contributed by atoms with E-state index in [1.54, 1.807) is 0 Å². The fraction of sp³-hybridized carbons (Fsp3) is 1.00. The van der Waals surface area contributed by atoms with E-state index in [0.717, 1.165) is 0 Å². The third-order valence-electron chi connectivity index (χ3n) is 4.32. The molecule has 66 valence electrons. The predicted molar refractivity (Wildman–Crippen MR) is 50.9 cm³/mol. The zero-order valence-electron chi connectivity index (χ0n) is 8.43. The molecule has 2 heteroatoms. The molecule has 1 heterocycles. The lowest BCUT2D eigenvalue weighted by Gasteiger charge is -2.61. The van der Waals surface area contributed by atoms with Gasteiger partial charge in [0.15, 0.2) is 0 Å². The molecule has 0 N–H and O–H groups in total. The molecular weight excluding hydrogens is 155 g/mol. The lowest BCUT2D eigenvalue weighted by molar-refractivity contribution is 0.272. The Morgan fingerprint density at radius 3 is 1.45 bits per heavy atom. The molecule has 0 aromatic heterocycles. The highest BCUT2D eigenvalue weighted by Gasteiger charge is 2.64. The van der Waals surface area contributed by atoms with Gasteiger partial charge < -0.3 is 4.57 Å². The first kappa shape index (κ1) is 9.32. The topological polar surface area (TPSA) is 17.1 Å². The molecule has 1 fully saturated rings. The highest BCUT2D eigenvalue weighted by Crippen LogP contribution is 2.79. The van der Waals surface area contributed by atoms with Gasteiger partial charge in [-0.05, 0) is 12.6 Å². The third kappa shape index (κ3) is 0.758. The Kier molecular flexibility index (Phi) is 1.64. The summed E-state index contributed by atoms with van der Waals surface area (Å²) >= 11 is 0. The fourth-order valence-corrected chi connectivity index (χ4v) is 5.69. The second kappa shape index (κ2) is 1.93. The first-order valence-corrected chi connectivity index (χ1v) is 6.39. The number of rotatable bonds is 0. The first-order valence-electron chi connectivity index (χ1n) is 4.23. The maximum absolute atomic E-state index is 12.2. The maximum Gasteiger partial charge on any atom is 0.0959 e. The summed E-state index contributed by atoms with van der Waals surface area (Å²) in [4.78, 5) is 0. The van der Waals surface area contributed by atoms with Crippen LogP contribution in [0.15, 0.2) is 0 Å². The summed E-state index contributed by atoms with van der Waals surface area (Å²) in [5.74, 6) is 0.575. The van der Waals surface area contributed by atoms with Gasteiger partial charge in [-0.2, -0.15) is 0 Å². The van der Waals surface area contributed by atoms with Crippen LogP contribution in [0.5, 0.6) is 0 Å². The van der Waals surface area contributed by atoms with Crippen LogP contribution in [0.2, 0.25) is 0 Å². The molecular formula is C9H19OP. The molecule has 1 aliphatic heterocycles. The minimum atomic E-state index is -1.93. The van der Waals surface area contributed by atoms with Gasteiger partial charge in [0, 0.05) is 10.3 Å². The van der Waals surface area contributed by atoms with Crippen LogP contribution >= 0.6 is 7.14 Å². The summed E-state index contributed by atoms with van der Waals surface area (Å²) in [7, 11) is -1.93. The SMILES string of the molecule is CC1C(C)(C)P(C)(=O)C1(C)C. The van der Waals surface area contributed by atoms with Gasteiger partial charge in [0.25, 0.3) is 0 Å².